The lowest BCUT2D eigenvalue weighted by Crippen LogP contribution is -2.13. The van der Waals surface area contributed by atoms with Gasteiger partial charge < -0.3 is 5.32 Å². The van der Waals surface area contributed by atoms with E-state index in [0.29, 0.717) is 16.2 Å². The minimum Gasteiger partial charge on any atom is -0.304 e. The second kappa shape index (κ2) is 7.55. The minimum absolute atomic E-state index is 0.251. The van der Waals surface area contributed by atoms with Gasteiger partial charge >= 0.3 is 0 Å². The van der Waals surface area contributed by atoms with E-state index in [0.717, 1.165) is 10.2 Å². The Hall–Kier alpha value is -2.56. The molecule has 0 atom stereocenters. The molecule has 3 aromatic rings. The molecule has 2 aromatic carbocycles. The van der Waals surface area contributed by atoms with Gasteiger partial charge in [-0.1, -0.05) is 40.2 Å². The number of halogens is 1. The Kier molecular flexibility index (Phi) is 5.22. The molecular formula is C18H13BrN4OS. The molecule has 1 aromatic heterocycles. The topological polar surface area (TPSA) is 70.7 Å². The standard InChI is InChI=1S/C18H13BrN4OS/c1-25-18-15(11-20)16(22-23(18)14-8-3-2-4-9-14)21-17(24)12-6-5-7-13(19)10-12/h2-10H,1H3,(H,21,22,24). The summed E-state index contributed by atoms with van der Waals surface area (Å²) in [5, 5.41) is 17.4. The van der Waals surface area contributed by atoms with Gasteiger partial charge in [0.05, 0.1) is 5.69 Å². The van der Waals surface area contributed by atoms with Crippen molar-refractivity contribution in [1.82, 2.24) is 9.78 Å². The van der Waals surface area contributed by atoms with E-state index in [2.05, 4.69) is 32.4 Å². The second-order valence-electron chi connectivity index (χ2n) is 5.06. The van der Waals surface area contributed by atoms with Crippen LogP contribution < -0.4 is 5.32 Å². The van der Waals surface area contributed by atoms with Gasteiger partial charge in [0.15, 0.2) is 5.82 Å². The number of para-hydroxylation sites is 1. The third-order valence-electron chi connectivity index (χ3n) is 3.47. The quantitative estimate of drug-likeness (QED) is 0.641. The van der Waals surface area contributed by atoms with Crippen LogP contribution in [0.3, 0.4) is 0 Å². The fourth-order valence-corrected chi connectivity index (χ4v) is 3.40. The molecule has 124 valence electrons. The van der Waals surface area contributed by atoms with Crippen LogP contribution in [0.4, 0.5) is 5.82 Å². The van der Waals surface area contributed by atoms with Crippen molar-refractivity contribution in [2.24, 2.45) is 0 Å². The highest BCUT2D eigenvalue weighted by Gasteiger charge is 2.20. The van der Waals surface area contributed by atoms with Gasteiger partial charge in [0, 0.05) is 10.0 Å². The number of nitrogens with one attached hydrogen (secondary N) is 1. The average Bonchev–Trinajstić information content (AvgIpc) is 2.99. The van der Waals surface area contributed by atoms with E-state index in [9.17, 15) is 10.1 Å². The van der Waals surface area contributed by atoms with Crippen molar-refractivity contribution < 1.29 is 4.79 Å². The summed E-state index contributed by atoms with van der Waals surface area (Å²) in [4.78, 5) is 12.5. The third-order valence-corrected chi connectivity index (χ3v) is 4.72. The summed E-state index contributed by atoms with van der Waals surface area (Å²) in [6, 6.07) is 18.7. The largest absolute Gasteiger partial charge is 0.304 e. The zero-order chi connectivity index (χ0) is 17.8. The van der Waals surface area contributed by atoms with E-state index in [-0.39, 0.29) is 11.7 Å². The Labute approximate surface area is 157 Å². The normalized spacial score (nSPS) is 10.3. The number of nitriles is 1. The summed E-state index contributed by atoms with van der Waals surface area (Å²) in [7, 11) is 0. The molecule has 0 unspecified atom stereocenters. The van der Waals surface area contributed by atoms with Crippen LogP contribution in [0.15, 0.2) is 64.1 Å². The summed E-state index contributed by atoms with van der Waals surface area (Å²) in [5.74, 6) is -0.0659. The molecule has 5 nitrogen and oxygen atoms in total. The van der Waals surface area contributed by atoms with Crippen molar-refractivity contribution in [3.63, 3.8) is 0 Å². The Morgan fingerprint density at radius 2 is 2.00 bits per heavy atom. The number of thioether (sulfide) groups is 1. The first-order valence-corrected chi connectivity index (χ1v) is 9.35. The van der Waals surface area contributed by atoms with Gasteiger partial charge in [-0.15, -0.1) is 16.9 Å². The molecule has 0 aliphatic heterocycles. The number of amides is 1. The molecule has 0 aliphatic rings. The van der Waals surface area contributed by atoms with E-state index in [1.807, 2.05) is 42.7 Å². The zero-order valence-electron chi connectivity index (χ0n) is 13.2. The van der Waals surface area contributed by atoms with E-state index < -0.39 is 0 Å². The molecule has 7 heteroatoms. The number of carbonyl (C=O) groups excluding carboxylic acids is 1. The molecule has 0 spiro atoms. The molecule has 1 heterocycles. The Morgan fingerprint density at radius 1 is 1.24 bits per heavy atom. The molecule has 0 saturated heterocycles. The molecule has 0 radical (unpaired) electrons. The van der Waals surface area contributed by atoms with Gasteiger partial charge in [0.1, 0.15) is 16.7 Å². The summed E-state index contributed by atoms with van der Waals surface area (Å²) < 4.78 is 2.47. The minimum atomic E-state index is -0.317. The highest BCUT2D eigenvalue weighted by atomic mass is 79.9. The van der Waals surface area contributed by atoms with Crippen LogP contribution in [0.2, 0.25) is 0 Å². The van der Waals surface area contributed by atoms with Gasteiger partial charge in [0.2, 0.25) is 0 Å². The predicted octanol–water partition coefficient (Wildman–Crippen LogP) is 4.48. The Morgan fingerprint density at radius 3 is 2.64 bits per heavy atom. The van der Waals surface area contributed by atoms with Crippen LogP contribution >= 0.6 is 27.7 Å². The summed E-state index contributed by atoms with van der Waals surface area (Å²) in [6.45, 7) is 0. The molecule has 25 heavy (non-hydrogen) atoms. The second-order valence-corrected chi connectivity index (χ2v) is 6.77. The highest BCUT2D eigenvalue weighted by molar-refractivity contribution is 9.10. The summed E-state index contributed by atoms with van der Waals surface area (Å²) in [6.07, 6.45) is 1.87. The van der Waals surface area contributed by atoms with Crippen LogP contribution in [-0.2, 0) is 0 Å². The number of hydrogen-bond donors (Lipinski definition) is 1. The van der Waals surface area contributed by atoms with Crippen LogP contribution in [0.5, 0.6) is 0 Å². The zero-order valence-corrected chi connectivity index (χ0v) is 15.6. The smallest absolute Gasteiger partial charge is 0.256 e. The summed E-state index contributed by atoms with van der Waals surface area (Å²) in [5.41, 5.74) is 1.66. The van der Waals surface area contributed by atoms with Crippen molar-refractivity contribution in [3.05, 3.63) is 70.2 Å². The first kappa shape index (κ1) is 17.3. The van der Waals surface area contributed by atoms with Crippen LogP contribution in [0, 0.1) is 11.3 Å². The number of nitrogens with zero attached hydrogens (tertiary/aromatic N) is 3. The van der Waals surface area contributed by atoms with Crippen molar-refractivity contribution >= 4 is 39.4 Å². The van der Waals surface area contributed by atoms with E-state index in [1.165, 1.54) is 11.8 Å². The number of anilines is 1. The van der Waals surface area contributed by atoms with Gasteiger partial charge in [-0.05, 0) is 36.6 Å². The highest BCUT2D eigenvalue weighted by Crippen LogP contribution is 2.29. The lowest BCUT2D eigenvalue weighted by Gasteiger charge is -2.04. The lowest BCUT2D eigenvalue weighted by molar-refractivity contribution is 0.102. The molecule has 1 N–H and O–H groups in total. The fraction of sp³-hybridized carbons (Fsp3) is 0.0556. The van der Waals surface area contributed by atoms with Crippen LogP contribution in [-0.4, -0.2) is 21.9 Å². The van der Waals surface area contributed by atoms with Crippen LogP contribution in [0.25, 0.3) is 5.69 Å². The molecular weight excluding hydrogens is 400 g/mol. The maximum atomic E-state index is 12.5. The van der Waals surface area contributed by atoms with Gasteiger partial charge in [-0.25, -0.2) is 4.68 Å². The number of rotatable bonds is 4. The number of aromatic nitrogens is 2. The van der Waals surface area contributed by atoms with Gasteiger partial charge in [-0.2, -0.15) is 5.26 Å². The third kappa shape index (κ3) is 3.60. The molecule has 0 saturated carbocycles. The first-order valence-electron chi connectivity index (χ1n) is 7.33. The predicted molar refractivity (Wildman–Crippen MR) is 102 cm³/mol. The van der Waals surface area contributed by atoms with E-state index in [4.69, 9.17) is 0 Å². The maximum Gasteiger partial charge on any atom is 0.256 e. The average molecular weight is 413 g/mol. The number of carbonyl (C=O) groups is 1. The van der Waals surface area contributed by atoms with Crippen molar-refractivity contribution in [3.8, 4) is 11.8 Å². The van der Waals surface area contributed by atoms with E-state index in [1.54, 1.807) is 22.9 Å². The molecule has 3 rings (SSSR count). The fourth-order valence-electron chi connectivity index (χ4n) is 2.33. The van der Waals surface area contributed by atoms with Gasteiger partial charge in [0.25, 0.3) is 5.91 Å². The SMILES string of the molecule is CSc1c(C#N)c(NC(=O)c2cccc(Br)c2)nn1-c1ccccc1. The molecule has 0 aliphatic carbocycles. The Balaban J connectivity index is 2.01. The number of benzene rings is 2. The Bertz CT molecular complexity index is 963. The monoisotopic (exact) mass is 412 g/mol. The lowest BCUT2D eigenvalue weighted by atomic mass is 10.2. The maximum absolute atomic E-state index is 12.5. The van der Waals surface area contributed by atoms with E-state index >= 15 is 0 Å². The molecule has 0 fully saturated rings. The van der Waals surface area contributed by atoms with Crippen LogP contribution in [0.1, 0.15) is 15.9 Å². The first-order chi connectivity index (χ1) is 12.1. The molecule has 0 bridgehead atoms. The number of hydrogen-bond acceptors (Lipinski definition) is 4. The molecule has 1 amide bonds. The van der Waals surface area contributed by atoms with Gasteiger partial charge in [-0.3, -0.25) is 4.79 Å². The summed E-state index contributed by atoms with van der Waals surface area (Å²) >= 11 is 4.75. The van der Waals surface area contributed by atoms with Crippen molar-refractivity contribution in [2.75, 3.05) is 11.6 Å². The van der Waals surface area contributed by atoms with Crippen molar-refractivity contribution in [1.29, 1.82) is 5.26 Å². The van der Waals surface area contributed by atoms with Crippen molar-refractivity contribution in [2.45, 2.75) is 5.03 Å².